The van der Waals surface area contributed by atoms with Gasteiger partial charge in [0.15, 0.2) is 11.9 Å². The van der Waals surface area contributed by atoms with Gasteiger partial charge in [0.25, 0.3) is 0 Å². The summed E-state index contributed by atoms with van der Waals surface area (Å²) in [6.45, 7) is 4.20. The third-order valence-electron chi connectivity index (χ3n) is 7.50. The summed E-state index contributed by atoms with van der Waals surface area (Å²) in [6, 6.07) is 8.64. The highest BCUT2D eigenvalue weighted by molar-refractivity contribution is 6.28. The second kappa shape index (κ2) is 15.6. The van der Waals surface area contributed by atoms with E-state index in [0.29, 0.717) is 65.0 Å². The molecule has 0 amide bonds. The Morgan fingerprint density at radius 2 is 1.74 bits per heavy atom. The number of benzene rings is 1. The minimum Gasteiger partial charge on any atom is -0.394 e. The molecule has 12 heteroatoms. The maximum absolute atomic E-state index is 9.53. The fraction of sp³-hybridized carbons (Fsp3) is 0.567. The maximum atomic E-state index is 9.53. The van der Waals surface area contributed by atoms with Gasteiger partial charge in [-0.15, -0.1) is 6.42 Å². The highest BCUT2D eigenvalue weighted by atomic mass is 35.5. The zero-order chi connectivity index (χ0) is 29.1. The van der Waals surface area contributed by atoms with Crippen molar-refractivity contribution < 1.29 is 28.8 Å². The Morgan fingerprint density at radius 3 is 2.48 bits per heavy atom. The van der Waals surface area contributed by atoms with Crippen molar-refractivity contribution in [3.63, 3.8) is 0 Å². The Labute approximate surface area is 251 Å². The number of hydrogen-bond acceptors (Lipinski definition) is 10. The number of aliphatic hydroxyl groups excluding tert-OH is 1. The van der Waals surface area contributed by atoms with Gasteiger partial charge < -0.3 is 33.7 Å². The molecule has 1 aromatic carbocycles. The quantitative estimate of drug-likeness (QED) is 0.141. The number of terminal acetylenes is 1. The van der Waals surface area contributed by atoms with Crippen LogP contribution in [-0.4, -0.2) is 97.0 Å². The number of nitrogens with zero attached hydrogens (tertiary/aromatic N) is 5. The van der Waals surface area contributed by atoms with E-state index < -0.39 is 0 Å². The van der Waals surface area contributed by atoms with Gasteiger partial charge in [-0.3, -0.25) is 0 Å². The molecule has 42 heavy (non-hydrogen) atoms. The molecule has 0 saturated carbocycles. The molecule has 1 fully saturated rings. The molecule has 1 N–H and O–H groups in total. The van der Waals surface area contributed by atoms with Gasteiger partial charge in [-0.1, -0.05) is 30.2 Å². The third kappa shape index (κ3) is 7.57. The van der Waals surface area contributed by atoms with Gasteiger partial charge in [-0.05, 0) is 48.4 Å². The summed E-state index contributed by atoms with van der Waals surface area (Å²) >= 11 is 6.51. The number of aromatic nitrogens is 4. The minimum absolute atomic E-state index is 0.0203. The zero-order valence-electron chi connectivity index (χ0n) is 23.7. The number of aliphatic hydroxyl groups is 1. The molecular weight excluding hydrogens is 562 g/mol. The van der Waals surface area contributed by atoms with Crippen LogP contribution in [0.15, 0.2) is 30.5 Å². The summed E-state index contributed by atoms with van der Waals surface area (Å²) in [5.74, 6) is 3.14. The number of hydrogen-bond donors (Lipinski definition) is 1. The van der Waals surface area contributed by atoms with E-state index in [1.807, 2.05) is 0 Å². The number of anilines is 1. The van der Waals surface area contributed by atoms with E-state index >= 15 is 0 Å². The first-order chi connectivity index (χ1) is 20.7. The summed E-state index contributed by atoms with van der Waals surface area (Å²) in [6.07, 6.45) is 9.85. The number of halogens is 1. The van der Waals surface area contributed by atoms with Gasteiger partial charge in [0.1, 0.15) is 12.4 Å². The Bertz CT molecular complexity index is 1330. The molecule has 1 aliphatic heterocycles. The topological polar surface area (TPSA) is 113 Å². The lowest BCUT2D eigenvalue weighted by molar-refractivity contribution is -0.0262. The van der Waals surface area contributed by atoms with Gasteiger partial charge in [0.05, 0.1) is 76.6 Å². The molecule has 3 aromatic rings. The average molecular weight is 600 g/mol. The zero-order valence-corrected chi connectivity index (χ0v) is 24.5. The molecule has 1 saturated heterocycles. The van der Waals surface area contributed by atoms with E-state index in [2.05, 4.69) is 45.2 Å². The summed E-state index contributed by atoms with van der Waals surface area (Å²) in [4.78, 5) is 11.5. The Morgan fingerprint density at radius 1 is 1.00 bits per heavy atom. The van der Waals surface area contributed by atoms with Crippen molar-refractivity contribution in [3.8, 4) is 12.3 Å². The van der Waals surface area contributed by atoms with Crippen LogP contribution in [0.3, 0.4) is 0 Å². The fourth-order valence-corrected chi connectivity index (χ4v) is 5.70. The molecule has 2 aliphatic rings. The van der Waals surface area contributed by atoms with Crippen LogP contribution < -0.4 is 4.90 Å². The summed E-state index contributed by atoms with van der Waals surface area (Å²) in [5, 5.41) is 15.1. The monoisotopic (exact) mass is 599 g/mol. The van der Waals surface area contributed by atoms with E-state index in [1.54, 1.807) is 10.9 Å². The van der Waals surface area contributed by atoms with E-state index in [9.17, 15) is 5.11 Å². The Balaban J connectivity index is 1.22. The number of ether oxygens (including phenoxy) is 5. The highest BCUT2D eigenvalue weighted by Gasteiger charge is 2.32. The lowest BCUT2D eigenvalue weighted by atomic mass is 10.1. The van der Waals surface area contributed by atoms with Crippen molar-refractivity contribution >= 4 is 28.5 Å². The van der Waals surface area contributed by atoms with E-state index in [1.165, 1.54) is 11.1 Å². The highest BCUT2D eigenvalue weighted by Crippen LogP contribution is 2.40. The van der Waals surface area contributed by atoms with Crippen LogP contribution in [0.25, 0.3) is 11.0 Å². The molecule has 3 atom stereocenters. The van der Waals surface area contributed by atoms with E-state index in [-0.39, 0.29) is 30.3 Å². The normalized spacial score (nSPS) is 19.8. The number of rotatable bonds is 17. The lowest BCUT2D eigenvalue weighted by Crippen LogP contribution is -2.32. The molecule has 0 spiro atoms. The maximum Gasteiger partial charge on any atom is 0.226 e. The molecule has 2 aromatic heterocycles. The molecular formula is C30H38ClN5O6. The summed E-state index contributed by atoms with van der Waals surface area (Å²) < 4.78 is 30.0. The minimum atomic E-state index is -0.311. The van der Waals surface area contributed by atoms with Crippen LogP contribution in [0.4, 0.5) is 5.82 Å². The largest absolute Gasteiger partial charge is 0.394 e. The standard InChI is InChI=1S/C30H38ClN5O6/c1-2-12-38-14-16-40-18-19-41-17-15-39-13-11-35(26-9-7-22-5-3-4-6-24(22)26)28-25-20-32-36(29(25)34-30(31)33-28)27-10-8-23(21-37)42-27/h1,3-6,20,23,26-27,37H,7-19,21H2. The SMILES string of the molecule is C#CCOCCOCCOCCOCCN(c1nc(Cl)nc2c1cnn2C1CCC(CO)O1)C1CCc2ccccc21. The number of fused-ring (bicyclic) bond motifs is 2. The molecule has 3 unspecified atom stereocenters. The predicted octanol–water partition coefficient (Wildman–Crippen LogP) is 3.34. The van der Waals surface area contributed by atoms with Gasteiger partial charge in [0, 0.05) is 6.54 Å². The first-order valence-corrected chi connectivity index (χ1v) is 14.8. The van der Waals surface area contributed by atoms with Crippen LogP contribution >= 0.6 is 11.6 Å². The van der Waals surface area contributed by atoms with Crippen molar-refractivity contribution in [2.24, 2.45) is 0 Å². The first kappa shape index (κ1) is 30.6. The average Bonchev–Trinajstić information content (AvgIpc) is 3.75. The van der Waals surface area contributed by atoms with Crippen LogP contribution in [0.1, 0.15) is 42.7 Å². The first-order valence-electron chi connectivity index (χ1n) is 14.5. The van der Waals surface area contributed by atoms with Gasteiger partial charge in [0.2, 0.25) is 5.28 Å². The van der Waals surface area contributed by atoms with Crippen LogP contribution in [0.2, 0.25) is 5.28 Å². The van der Waals surface area contributed by atoms with Crippen LogP contribution in [-0.2, 0) is 30.1 Å². The fourth-order valence-electron chi connectivity index (χ4n) is 5.54. The molecule has 0 bridgehead atoms. The van der Waals surface area contributed by atoms with Gasteiger partial charge in [-0.2, -0.15) is 15.1 Å². The van der Waals surface area contributed by atoms with Crippen molar-refractivity contribution in [3.05, 3.63) is 46.9 Å². The smallest absolute Gasteiger partial charge is 0.226 e. The molecule has 5 rings (SSSR count). The number of aryl methyl sites for hydroxylation is 1. The third-order valence-corrected chi connectivity index (χ3v) is 7.66. The van der Waals surface area contributed by atoms with Crippen LogP contribution in [0, 0.1) is 12.3 Å². The van der Waals surface area contributed by atoms with E-state index in [4.69, 9.17) is 46.7 Å². The van der Waals surface area contributed by atoms with Gasteiger partial charge >= 0.3 is 0 Å². The Kier molecular flexibility index (Phi) is 11.4. The van der Waals surface area contributed by atoms with Gasteiger partial charge in [-0.25, -0.2) is 4.68 Å². The summed E-state index contributed by atoms with van der Waals surface area (Å²) in [7, 11) is 0. The molecule has 0 radical (unpaired) electrons. The summed E-state index contributed by atoms with van der Waals surface area (Å²) in [5.41, 5.74) is 3.24. The van der Waals surface area contributed by atoms with E-state index in [0.717, 1.165) is 36.9 Å². The lowest BCUT2D eigenvalue weighted by Gasteiger charge is -2.31. The van der Waals surface area contributed by atoms with Crippen molar-refractivity contribution in [1.82, 2.24) is 19.7 Å². The second-order valence-corrected chi connectivity index (χ2v) is 10.5. The second-order valence-electron chi connectivity index (χ2n) is 10.2. The molecule has 3 heterocycles. The molecule has 11 nitrogen and oxygen atoms in total. The van der Waals surface area contributed by atoms with Crippen molar-refractivity contribution in [2.75, 3.05) is 70.9 Å². The molecule has 226 valence electrons. The van der Waals surface area contributed by atoms with Crippen molar-refractivity contribution in [2.45, 2.75) is 44.1 Å². The Hall–Kier alpha value is -2.82. The molecule has 1 aliphatic carbocycles. The predicted molar refractivity (Wildman–Crippen MR) is 158 cm³/mol. The van der Waals surface area contributed by atoms with Crippen LogP contribution in [0.5, 0.6) is 0 Å². The van der Waals surface area contributed by atoms with Crippen molar-refractivity contribution in [1.29, 1.82) is 0 Å².